The maximum atomic E-state index is 12.4. The van der Waals surface area contributed by atoms with Gasteiger partial charge in [0.05, 0.1) is 12.7 Å². The molecule has 0 aliphatic carbocycles. The first kappa shape index (κ1) is 50.0. The van der Waals surface area contributed by atoms with Crippen molar-refractivity contribution in [2.45, 2.75) is 187 Å². The van der Waals surface area contributed by atoms with E-state index in [4.69, 9.17) is 19.3 Å². The molecule has 52 heavy (non-hydrogen) atoms. The Morgan fingerprint density at radius 1 is 0.654 bits per heavy atom. The SMILES string of the molecule is CCCCC/C=C\C=C/[C@H](O)C/C=C\C/C=C/CCCC(=O)O[C@H](COC(=O)CCCCCCCCCCCCCCCC(C)C)COP(=O)(O)O. The molecule has 0 radical (unpaired) electrons. The quantitative estimate of drug-likeness (QED) is 0.0187. The summed E-state index contributed by atoms with van der Waals surface area (Å²) in [7, 11) is -4.78. The summed E-state index contributed by atoms with van der Waals surface area (Å²) in [5.74, 6) is -0.172. The molecule has 3 N–H and O–H groups in total. The smallest absolute Gasteiger partial charge is 0.462 e. The number of hydrogen-bond acceptors (Lipinski definition) is 7. The van der Waals surface area contributed by atoms with Crippen LogP contribution in [0.3, 0.4) is 0 Å². The lowest BCUT2D eigenvalue weighted by Crippen LogP contribution is -2.29. The van der Waals surface area contributed by atoms with E-state index in [1.807, 2.05) is 36.5 Å². The topological polar surface area (TPSA) is 140 Å². The monoisotopic (exact) mass is 755 g/mol. The second kappa shape index (κ2) is 36.0. The van der Waals surface area contributed by atoms with Gasteiger partial charge in [0.25, 0.3) is 0 Å². The second-order valence-corrected chi connectivity index (χ2v) is 15.5. The average Bonchev–Trinajstić information content (AvgIpc) is 3.09. The Morgan fingerprint density at radius 3 is 1.85 bits per heavy atom. The summed E-state index contributed by atoms with van der Waals surface area (Å²) < 4.78 is 26.3. The number of hydrogen-bond donors (Lipinski definition) is 3. The second-order valence-electron chi connectivity index (χ2n) is 14.3. The van der Waals surface area contributed by atoms with Crippen LogP contribution in [0.15, 0.2) is 48.6 Å². The molecule has 0 aromatic carbocycles. The van der Waals surface area contributed by atoms with Gasteiger partial charge >= 0.3 is 19.8 Å². The maximum Gasteiger partial charge on any atom is 0.469 e. The summed E-state index contributed by atoms with van der Waals surface area (Å²) in [5, 5.41) is 10.0. The highest BCUT2D eigenvalue weighted by Crippen LogP contribution is 2.36. The highest BCUT2D eigenvalue weighted by molar-refractivity contribution is 7.46. The molecule has 0 fully saturated rings. The van der Waals surface area contributed by atoms with Crippen LogP contribution in [0.1, 0.15) is 175 Å². The summed E-state index contributed by atoms with van der Waals surface area (Å²) >= 11 is 0. The zero-order chi connectivity index (χ0) is 38.5. The Bertz CT molecular complexity index is 1010. The highest BCUT2D eigenvalue weighted by atomic mass is 31.2. The molecule has 0 heterocycles. The van der Waals surface area contributed by atoms with E-state index in [0.717, 1.165) is 31.6 Å². The molecular formula is C42H75O9P. The van der Waals surface area contributed by atoms with Crippen molar-refractivity contribution in [3.8, 4) is 0 Å². The van der Waals surface area contributed by atoms with Crippen LogP contribution in [0.5, 0.6) is 0 Å². The minimum Gasteiger partial charge on any atom is -0.462 e. The molecule has 0 saturated carbocycles. The van der Waals surface area contributed by atoms with Gasteiger partial charge in [0.1, 0.15) is 6.61 Å². The molecule has 0 spiro atoms. The molecule has 0 aromatic heterocycles. The normalized spacial score (nSPS) is 13.7. The fourth-order valence-electron chi connectivity index (χ4n) is 5.51. The lowest BCUT2D eigenvalue weighted by molar-refractivity contribution is -0.161. The summed E-state index contributed by atoms with van der Waals surface area (Å²) in [6.45, 7) is 5.87. The first-order chi connectivity index (χ1) is 25.0. The van der Waals surface area contributed by atoms with E-state index in [1.165, 1.54) is 83.5 Å². The van der Waals surface area contributed by atoms with Crippen molar-refractivity contribution in [1.29, 1.82) is 0 Å². The third-order valence-corrected chi connectivity index (χ3v) is 9.09. The van der Waals surface area contributed by atoms with Gasteiger partial charge in [-0.15, -0.1) is 0 Å². The van der Waals surface area contributed by atoms with Crippen LogP contribution in [0.4, 0.5) is 0 Å². The number of carbonyl (C=O) groups excluding carboxylic acids is 2. The molecule has 0 rings (SSSR count). The Morgan fingerprint density at radius 2 is 1.23 bits per heavy atom. The lowest BCUT2D eigenvalue weighted by Gasteiger charge is -2.18. The number of esters is 2. The van der Waals surface area contributed by atoms with E-state index >= 15 is 0 Å². The lowest BCUT2D eigenvalue weighted by atomic mass is 10.0. The number of phosphoric ester groups is 1. The molecule has 0 bridgehead atoms. The molecule has 302 valence electrons. The van der Waals surface area contributed by atoms with Gasteiger partial charge in [-0.05, 0) is 50.9 Å². The third-order valence-electron chi connectivity index (χ3n) is 8.61. The van der Waals surface area contributed by atoms with Crippen molar-refractivity contribution in [2.75, 3.05) is 13.2 Å². The standard InChI is InChI=1S/C42H75O9P/c1-4-5-6-7-16-22-27-32-39(43)33-28-23-18-15-20-25-30-35-42(45)51-40(37-50-52(46,47)48)36-49-41(44)34-29-24-19-14-12-10-8-9-11-13-17-21-26-31-38(2)3/h15-16,20,22-23,27-28,32,38-40,43H,4-14,17-19,21,24-26,29-31,33-37H2,1-3H3,(H2,46,47,48)/b20-15+,22-16-,28-23-,32-27-/t39-,40+/m0/s1. The number of aliphatic hydroxyl groups is 1. The molecule has 0 amide bonds. The molecular weight excluding hydrogens is 679 g/mol. The van der Waals surface area contributed by atoms with Crippen LogP contribution in [0, 0.1) is 5.92 Å². The Balaban J connectivity index is 4.09. The van der Waals surface area contributed by atoms with Gasteiger partial charge in [0.2, 0.25) is 0 Å². The van der Waals surface area contributed by atoms with Crippen LogP contribution in [-0.2, 0) is 28.2 Å². The Hall–Kier alpha value is -2.03. The average molecular weight is 755 g/mol. The van der Waals surface area contributed by atoms with Crippen LogP contribution in [0.2, 0.25) is 0 Å². The molecule has 0 unspecified atom stereocenters. The van der Waals surface area contributed by atoms with Crippen molar-refractivity contribution >= 4 is 19.8 Å². The highest BCUT2D eigenvalue weighted by Gasteiger charge is 2.22. The van der Waals surface area contributed by atoms with Gasteiger partial charge in [-0.25, -0.2) is 4.57 Å². The van der Waals surface area contributed by atoms with Gasteiger partial charge < -0.3 is 24.4 Å². The molecule has 0 aliphatic heterocycles. The maximum absolute atomic E-state index is 12.4. The van der Waals surface area contributed by atoms with E-state index < -0.39 is 38.6 Å². The minimum atomic E-state index is -4.78. The molecule has 0 aromatic rings. The molecule has 0 saturated heterocycles. The fraction of sp³-hybridized carbons (Fsp3) is 0.762. The van der Waals surface area contributed by atoms with Crippen molar-refractivity contribution in [1.82, 2.24) is 0 Å². The molecule has 2 atom stereocenters. The number of unbranched alkanes of at least 4 members (excludes halogenated alkanes) is 16. The molecule has 9 nitrogen and oxygen atoms in total. The van der Waals surface area contributed by atoms with Gasteiger partial charge in [-0.1, -0.05) is 166 Å². The van der Waals surface area contributed by atoms with E-state index in [9.17, 15) is 19.3 Å². The first-order valence-corrected chi connectivity index (χ1v) is 21.9. The summed E-state index contributed by atoms with van der Waals surface area (Å²) in [4.78, 5) is 42.8. The van der Waals surface area contributed by atoms with Gasteiger partial charge in [-0.3, -0.25) is 14.1 Å². The van der Waals surface area contributed by atoms with E-state index in [0.29, 0.717) is 32.1 Å². The van der Waals surface area contributed by atoms with Gasteiger partial charge in [-0.2, -0.15) is 0 Å². The van der Waals surface area contributed by atoms with Crippen molar-refractivity contribution in [3.05, 3.63) is 48.6 Å². The third kappa shape index (κ3) is 39.2. The molecule has 10 heteroatoms. The number of phosphoric acid groups is 1. The predicted molar refractivity (Wildman–Crippen MR) is 213 cm³/mol. The largest absolute Gasteiger partial charge is 0.469 e. The van der Waals surface area contributed by atoms with Crippen LogP contribution < -0.4 is 0 Å². The van der Waals surface area contributed by atoms with Crippen LogP contribution in [0.25, 0.3) is 0 Å². The summed E-state index contributed by atoms with van der Waals surface area (Å²) in [6, 6.07) is 0. The van der Waals surface area contributed by atoms with E-state index in [1.54, 1.807) is 6.08 Å². The predicted octanol–water partition coefficient (Wildman–Crippen LogP) is 11.2. The fourth-order valence-corrected chi connectivity index (χ4v) is 5.87. The van der Waals surface area contributed by atoms with E-state index in [2.05, 4.69) is 31.4 Å². The van der Waals surface area contributed by atoms with Crippen molar-refractivity contribution in [3.63, 3.8) is 0 Å². The molecule has 0 aliphatic rings. The Kier molecular flexibility index (Phi) is 34.6. The van der Waals surface area contributed by atoms with Crippen LogP contribution in [-0.4, -0.2) is 52.3 Å². The van der Waals surface area contributed by atoms with Crippen molar-refractivity contribution in [2.24, 2.45) is 5.92 Å². The zero-order valence-electron chi connectivity index (χ0n) is 33.0. The van der Waals surface area contributed by atoms with Crippen molar-refractivity contribution < 1.29 is 43.0 Å². The van der Waals surface area contributed by atoms with Gasteiger partial charge in [0.15, 0.2) is 6.10 Å². The van der Waals surface area contributed by atoms with Gasteiger partial charge in [0, 0.05) is 12.8 Å². The number of rotatable bonds is 36. The number of aliphatic hydroxyl groups excluding tert-OH is 1. The first-order valence-electron chi connectivity index (χ1n) is 20.4. The Labute approximate surface area is 317 Å². The zero-order valence-corrected chi connectivity index (χ0v) is 33.9. The number of carbonyl (C=O) groups is 2. The van der Waals surface area contributed by atoms with Crippen LogP contribution >= 0.6 is 7.82 Å². The summed E-state index contributed by atoms with van der Waals surface area (Å²) in [5.41, 5.74) is 0. The summed E-state index contributed by atoms with van der Waals surface area (Å²) in [6.07, 6.45) is 38.6. The van der Waals surface area contributed by atoms with E-state index in [-0.39, 0.29) is 19.4 Å². The number of ether oxygens (including phenoxy) is 2. The number of allylic oxidation sites excluding steroid dienone is 6. The minimum absolute atomic E-state index is 0.102.